The van der Waals surface area contributed by atoms with E-state index < -0.39 is 24.1 Å². The number of aromatic nitrogens is 2. The molecule has 0 spiro atoms. The number of fused-ring (bicyclic) bond motifs is 3. The molecule has 5 rings (SSSR count). The number of anilines is 2. The number of halogens is 3. The number of alkyl halides is 3. The Morgan fingerprint density at radius 1 is 1.03 bits per heavy atom. The molecule has 0 bridgehead atoms. The third-order valence-electron chi connectivity index (χ3n) is 6.19. The molecule has 8 nitrogen and oxygen atoms in total. The molecular formula is C27H23F3N4O4. The van der Waals surface area contributed by atoms with E-state index in [1.54, 1.807) is 16.6 Å². The van der Waals surface area contributed by atoms with Gasteiger partial charge in [-0.1, -0.05) is 30.3 Å². The minimum atomic E-state index is -4.85. The number of ether oxygens (including phenoxy) is 2. The molecular weight excluding hydrogens is 501 g/mol. The molecule has 1 aliphatic rings. The van der Waals surface area contributed by atoms with Crippen LogP contribution < -0.4 is 19.7 Å². The predicted molar refractivity (Wildman–Crippen MR) is 134 cm³/mol. The fourth-order valence-electron chi connectivity index (χ4n) is 4.50. The van der Waals surface area contributed by atoms with Gasteiger partial charge < -0.3 is 14.8 Å². The van der Waals surface area contributed by atoms with Crippen LogP contribution in [0.25, 0.3) is 11.0 Å². The quantitative estimate of drug-likeness (QED) is 0.347. The zero-order valence-corrected chi connectivity index (χ0v) is 20.2. The summed E-state index contributed by atoms with van der Waals surface area (Å²) < 4.78 is 48.5. The first-order valence-electron chi connectivity index (χ1n) is 11.8. The van der Waals surface area contributed by atoms with Crippen LogP contribution in [-0.4, -0.2) is 41.4 Å². The first-order chi connectivity index (χ1) is 18.2. The number of hydrogen-bond acceptors (Lipinski definition) is 5. The van der Waals surface area contributed by atoms with Crippen LogP contribution in [0.2, 0.25) is 0 Å². The fraction of sp³-hybridized carbons (Fsp3) is 0.222. The van der Waals surface area contributed by atoms with Crippen molar-refractivity contribution in [1.82, 2.24) is 9.55 Å². The fourth-order valence-corrected chi connectivity index (χ4v) is 4.50. The lowest BCUT2D eigenvalue weighted by Gasteiger charge is -2.16. The van der Waals surface area contributed by atoms with Crippen LogP contribution in [-0.2, 0) is 16.0 Å². The number of methoxy groups -OCH3 is 1. The van der Waals surface area contributed by atoms with Gasteiger partial charge in [0.05, 0.1) is 24.6 Å². The van der Waals surface area contributed by atoms with E-state index >= 15 is 0 Å². The molecule has 11 heteroatoms. The molecule has 0 aliphatic carbocycles. The van der Waals surface area contributed by atoms with E-state index in [1.165, 1.54) is 12.1 Å². The van der Waals surface area contributed by atoms with Crippen molar-refractivity contribution in [2.75, 3.05) is 23.9 Å². The van der Waals surface area contributed by atoms with Crippen LogP contribution in [0.3, 0.4) is 0 Å². The normalized spacial score (nSPS) is 15.0. The molecule has 1 N–H and O–H groups in total. The van der Waals surface area contributed by atoms with Crippen molar-refractivity contribution in [2.45, 2.75) is 25.2 Å². The highest BCUT2D eigenvalue weighted by atomic mass is 19.4. The number of rotatable bonds is 8. The highest BCUT2D eigenvalue weighted by Crippen LogP contribution is 2.37. The zero-order chi connectivity index (χ0) is 26.9. The van der Waals surface area contributed by atoms with Crippen molar-refractivity contribution in [3.63, 3.8) is 0 Å². The lowest BCUT2D eigenvalue weighted by molar-refractivity contribution is -0.274. The summed E-state index contributed by atoms with van der Waals surface area (Å²) in [7, 11) is 1.59. The molecule has 0 radical (unpaired) electrons. The van der Waals surface area contributed by atoms with E-state index in [9.17, 15) is 22.8 Å². The van der Waals surface area contributed by atoms with Crippen LogP contribution in [0, 0.1) is 0 Å². The number of carbonyl (C=O) groups excluding carboxylic acids is 2. The van der Waals surface area contributed by atoms with Crippen LogP contribution in [0.1, 0.15) is 18.0 Å². The molecule has 1 aromatic heterocycles. The Balaban J connectivity index is 1.36. The Kier molecular flexibility index (Phi) is 6.66. The Hall–Kier alpha value is -4.54. The smallest absolute Gasteiger partial charge is 0.497 e. The molecule has 0 fully saturated rings. The number of amides is 2. The number of hydrogen-bond donors (Lipinski definition) is 1. The highest BCUT2D eigenvalue weighted by Gasteiger charge is 2.40. The molecule has 0 saturated carbocycles. The van der Waals surface area contributed by atoms with Crippen molar-refractivity contribution in [3.8, 4) is 11.5 Å². The van der Waals surface area contributed by atoms with Gasteiger partial charge in [0.2, 0.25) is 11.9 Å². The standard InChI is InChI=1S/C27H23F3N4O4/c1-37-19-11-9-17(10-12-19)13-14-33-25(36)23(34-22-8-3-2-7-21(22)32-26(33)34)16-24(35)31-18-5-4-6-20(15-18)38-27(28,29)30/h2-12,15,23H,13-14,16H2,1H3,(H,31,35)/t23-/m0/s1. The average Bonchev–Trinajstić information content (AvgIpc) is 3.36. The summed E-state index contributed by atoms with van der Waals surface area (Å²) in [5.74, 6) is -0.0957. The Morgan fingerprint density at radius 2 is 1.79 bits per heavy atom. The molecule has 1 aliphatic heterocycles. The van der Waals surface area contributed by atoms with Crippen molar-refractivity contribution >= 4 is 34.5 Å². The van der Waals surface area contributed by atoms with Crippen molar-refractivity contribution in [3.05, 3.63) is 78.4 Å². The van der Waals surface area contributed by atoms with Gasteiger partial charge in [0, 0.05) is 18.3 Å². The summed E-state index contributed by atoms with van der Waals surface area (Å²) in [4.78, 5) is 32.7. The van der Waals surface area contributed by atoms with Gasteiger partial charge in [-0.25, -0.2) is 4.98 Å². The highest BCUT2D eigenvalue weighted by molar-refractivity contribution is 6.05. The Morgan fingerprint density at radius 3 is 2.53 bits per heavy atom. The maximum absolute atomic E-state index is 13.5. The number of nitrogens with one attached hydrogen (secondary N) is 1. The van der Waals surface area contributed by atoms with Gasteiger partial charge in [-0.3, -0.25) is 19.1 Å². The Labute approximate surface area is 215 Å². The van der Waals surface area contributed by atoms with Crippen LogP contribution >= 0.6 is 0 Å². The molecule has 0 unspecified atom stereocenters. The summed E-state index contributed by atoms with van der Waals surface area (Å²) in [5, 5.41) is 2.57. The third-order valence-corrected chi connectivity index (χ3v) is 6.19. The predicted octanol–water partition coefficient (Wildman–Crippen LogP) is 5.10. The molecule has 2 heterocycles. The monoisotopic (exact) mass is 524 g/mol. The molecule has 1 atom stereocenters. The lowest BCUT2D eigenvalue weighted by Crippen LogP contribution is -2.33. The molecule has 0 saturated heterocycles. The second kappa shape index (κ2) is 10.1. The summed E-state index contributed by atoms with van der Waals surface area (Å²) in [6.45, 7) is 0.351. The van der Waals surface area contributed by atoms with Gasteiger partial charge in [-0.15, -0.1) is 13.2 Å². The maximum Gasteiger partial charge on any atom is 0.573 e. The number of benzene rings is 3. The van der Waals surface area contributed by atoms with Crippen LogP contribution in [0.5, 0.6) is 11.5 Å². The van der Waals surface area contributed by atoms with Crippen LogP contribution in [0.15, 0.2) is 72.8 Å². The SMILES string of the molecule is COc1ccc(CCN2C(=O)[C@H](CC(=O)Nc3cccc(OC(F)(F)F)c3)n3c2nc2ccccc23)cc1. The first kappa shape index (κ1) is 25.1. The van der Waals surface area contributed by atoms with Gasteiger partial charge in [0.25, 0.3) is 5.91 Å². The van der Waals surface area contributed by atoms with Gasteiger partial charge in [-0.05, 0) is 48.4 Å². The van der Waals surface area contributed by atoms with Crippen molar-refractivity contribution in [2.24, 2.45) is 0 Å². The molecule has 4 aromatic rings. The minimum absolute atomic E-state index is 0.120. The minimum Gasteiger partial charge on any atom is -0.497 e. The van der Waals surface area contributed by atoms with E-state index in [4.69, 9.17) is 4.74 Å². The van der Waals surface area contributed by atoms with E-state index in [-0.39, 0.29) is 18.0 Å². The maximum atomic E-state index is 13.5. The number of imidazole rings is 1. The van der Waals surface area contributed by atoms with E-state index in [2.05, 4.69) is 15.0 Å². The second-order valence-electron chi connectivity index (χ2n) is 8.70. The Bertz CT molecular complexity index is 1480. The van der Waals surface area contributed by atoms with Gasteiger partial charge >= 0.3 is 6.36 Å². The summed E-state index contributed by atoms with van der Waals surface area (Å²) in [6.07, 6.45) is -4.52. The topological polar surface area (TPSA) is 85.7 Å². The summed E-state index contributed by atoms with van der Waals surface area (Å²) in [5.41, 5.74) is 2.52. The van der Waals surface area contributed by atoms with E-state index in [0.29, 0.717) is 29.9 Å². The molecule has 196 valence electrons. The van der Waals surface area contributed by atoms with Gasteiger partial charge in [0.1, 0.15) is 17.5 Å². The zero-order valence-electron chi connectivity index (χ0n) is 20.2. The van der Waals surface area contributed by atoms with Crippen molar-refractivity contribution in [1.29, 1.82) is 0 Å². The van der Waals surface area contributed by atoms with E-state index in [0.717, 1.165) is 23.4 Å². The van der Waals surface area contributed by atoms with Gasteiger partial charge in [-0.2, -0.15) is 0 Å². The summed E-state index contributed by atoms with van der Waals surface area (Å²) >= 11 is 0. The molecule has 3 aromatic carbocycles. The summed E-state index contributed by atoms with van der Waals surface area (Å²) in [6, 6.07) is 19.0. The first-order valence-corrected chi connectivity index (χ1v) is 11.8. The number of carbonyl (C=O) groups is 2. The molecule has 38 heavy (non-hydrogen) atoms. The van der Waals surface area contributed by atoms with Crippen molar-refractivity contribution < 1.29 is 32.2 Å². The third kappa shape index (κ3) is 5.26. The second-order valence-corrected chi connectivity index (χ2v) is 8.70. The largest absolute Gasteiger partial charge is 0.573 e. The molecule has 2 amide bonds. The average molecular weight is 524 g/mol. The number of para-hydroxylation sites is 2. The number of nitrogens with zero attached hydrogens (tertiary/aromatic N) is 3. The van der Waals surface area contributed by atoms with Crippen LogP contribution in [0.4, 0.5) is 24.8 Å². The van der Waals surface area contributed by atoms with Gasteiger partial charge in [0.15, 0.2) is 0 Å². The van der Waals surface area contributed by atoms with E-state index in [1.807, 2.05) is 48.5 Å². The lowest BCUT2D eigenvalue weighted by atomic mass is 10.1.